The number of hydrogen-bond donors (Lipinski definition) is 2. The van der Waals surface area contributed by atoms with Crippen LogP contribution in [0.25, 0.3) is 0 Å². The Labute approximate surface area is 175 Å². The normalized spacial score (nSPS) is 17.9. The number of amides is 2. The molecule has 2 aliphatic heterocycles. The topological polar surface area (TPSA) is 91.6 Å². The number of nitrogens with zero attached hydrogens (tertiary/aromatic N) is 2. The number of pyridine rings is 1. The largest absolute Gasteiger partial charge is 0.503 e. The van der Waals surface area contributed by atoms with E-state index in [1.807, 2.05) is 0 Å². The van der Waals surface area contributed by atoms with Crippen LogP contribution in [-0.2, 0) is 6.54 Å². The SMILES string of the molecule is Cc1cc(F)c(CNC(=O)c2cn3c(c(O)c2=O)C(=O)N2CCCCC3C2)c(F)c1F. The van der Waals surface area contributed by atoms with Crippen molar-refractivity contribution in [2.24, 2.45) is 0 Å². The molecule has 3 heterocycles. The number of aromatic hydroxyl groups is 1. The fraction of sp³-hybridized carbons (Fsp3) is 0.381. The average Bonchev–Trinajstić information content (AvgIpc) is 2.96. The molecule has 1 aromatic carbocycles. The molecule has 2 N–H and O–H groups in total. The number of aryl methyl sites for hydroxylation is 1. The first-order chi connectivity index (χ1) is 14.7. The van der Waals surface area contributed by atoms with Crippen LogP contribution in [0.2, 0.25) is 0 Å². The number of aromatic nitrogens is 1. The monoisotopic (exact) mass is 435 g/mol. The number of rotatable bonds is 3. The summed E-state index contributed by atoms with van der Waals surface area (Å²) in [6, 6.07) is 0.595. The summed E-state index contributed by atoms with van der Waals surface area (Å²) in [5, 5.41) is 12.6. The van der Waals surface area contributed by atoms with Gasteiger partial charge >= 0.3 is 0 Å². The quantitative estimate of drug-likeness (QED) is 0.725. The lowest BCUT2D eigenvalue weighted by molar-refractivity contribution is 0.0677. The number of fused-ring (bicyclic) bond motifs is 4. The number of nitrogens with one attached hydrogen (secondary N) is 1. The molecule has 1 unspecified atom stereocenters. The van der Waals surface area contributed by atoms with Crippen molar-refractivity contribution in [3.05, 3.63) is 62.3 Å². The number of halogens is 3. The molecule has 0 aliphatic carbocycles. The summed E-state index contributed by atoms with van der Waals surface area (Å²) in [6.45, 7) is 1.42. The van der Waals surface area contributed by atoms with Gasteiger partial charge in [0.15, 0.2) is 23.1 Å². The second-order valence-electron chi connectivity index (χ2n) is 7.84. The molecule has 2 aliphatic rings. The predicted molar refractivity (Wildman–Crippen MR) is 103 cm³/mol. The first-order valence-corrected chi connectivity index (χ1v) is 9.89. The van der Waals surface area contributed by atoms with E-state index in [1.54, 1.807) is 4.90 Å². The van der Waals surface area contributed by atoms with Gasteiger partial charge in [-0.25, -0.2) is 13.2 Å². The minimum atomic E-state index is -1.42. The molecule has 2 amide bonds. The third kappa shape index (κ3) is 3.45. The summed E-state index contributed by atoms with van der Waals surface area (Å²) in [5.41, 5.74) is -2.61. The molecular formula is C21H20F3N3O4. The maximum Gasteiger partial charge on any atom is 0.274 e. The molecule has 0 spiro atoms. The van der Waals surface area contributed by atoms with Crippen LogP contribution in [0.5, 0.6) is 5.75 Å². The van der Waals surface area contributed by atoms with E-state index in [0.717, 1.165) is 18.9 Å². The lowest BCUT2D eigenvalue weighted by Crippen LogP contribution is -2.44. The van der Waals surface area contributed by atoms with E-state index in [1.165, 1.54) is 17.7 Å². The van der Waals surface area contributed by atoms with Gasteiger partial charge in [0.05, 0.1) is 6.04 Å². The molecule has 2 bridgehead atoms. The maximum atomic E-state index is 14.1. The van der Waals surface area contributed by atoms with Crippen molar-refractivity contribution >= 4 is 11.8 Å². The van der Waals surface area contributed by atoms with Crippen LogP contribution in [-0.4, -0.2) is 39.5 Å². The lowest BCUT2D eigenvalue weighted by atomic mass is 10.1. The third-order valence-electron chi connectivity index (χ3n) is 5.85. The highest BCUT2D eigenvalue weighted by Crippen LogP contribution is 2.31. The van der Waals surface area contributed by atoms with Gasteiger partial charge in [0.1, 0.15) is 11.4 Å². The fourth-order valence-corrected chi connectivity index (χ4v) is 4.14. The Morgan fingerprint density at radius 1 is 1.23 bits per heavy atom. The van der Waals surface area contributed by atoms with Gasteiger partial charge < -0.3 is 19.9 Å². The van der Waals surface area contributed by atoms with Crippen LogP contribution in [0.3, 0.4) is 0 Å². The molecule has 4 rings (SSSR count). The molecule has 1 aromatic heterocycles. The molecule has 0 saturated carbocycles. The van der Waals surface area contributed by atoms with Gasteiger partial charge in [-0.15, -0.1) is 0 Å². The van der Waals surface area contributed by atoms with Crippen molar-refractivity contribution in [1.82, 2.24) is 14.8 Å². The summed E-state index contributed by atoms with van der Waals surface area (Å²) in [7, 11) is 0. The standard InChI is InChI=1S/C21H20F3N3O4/c1-10-6-14(22)12(16(24)15(10)23)7-25-20(30)13-9-27-11-4-2-3-5-26(8-11)21(31)17(27)19(29)18(13)28/h6,9,11,29H,2-5,7-8H2,1H3,(H,25,30). The van der Waals surface area contributed by atoms with Gasteiger partial charge in [-0.1, -0.05) is 0 Å². The zero-order chi connectivity index (χ0) is 22.4. The van der Waals surface area contributed by atoms with Crippen molar-refractivity contribution in [3.8, 4) is 5.75 Å². The summed E-state index contributed by atoms with van der Waals surface area (Å²) >= 11 is 0. The van der Waals surface area contributed by atoms with E-state index in [-0.39, 0.29) is 17.3 Å². The fourth-order valence-electron chi connectivity index (χ4n) is 4.14. The van der Waals surface area contributed by atoms with Crippen molar-refractivity contribution in [2.75, 3.05) is 13.1 Å². The minimum absolute atomic E-state index is 0.169. The van der Waals surface area contributed by atoms with Crippen LogP contribution in [0.1, 0.15) is 57.3 Å². The summed E-state index contributed by atoms with van der Waals surface area (Å²) in [5.74, 6) is -6.02. The molecule has 10 heteroatoms. The van der Waals surface area contributed by atoms with Crippen molar-refractivity contribution in [1.29, 1.82) is 0 Å². The second kappa shape index (κ2) is 7.75. The number of carbonyl (C=O) groups excluding carboxylic acids is 2. The second-order valence-corrected chi connectivity index (χ2v) is 7.84. The minimum Gasteiger partial charge on any atom is -0.503 e. The molecule has 2 aromatic rings. The Kier molecular flexibility index (Phi) is 5.24. The van der Waals surface area contributed by atoms with E-state index in [0.29, 0.717) is 19.5 Å². The number of hydrogen-bond acceptors (Lipinski definition) is 4. The third-order valence-corrected chi connectivity index (χ3v) is 5.85. The Morgan fingerprint density at radius 2 is 1.97 bits per heavy atom. The van der Waals surface area contributed by atoms with Gasteiger partial charge in [-0.05, 0) is 37.8 Å². The molecule has 164 valence electrons. The van der Waals surface area contributed by atoms with E-state index in [9.17, 15) is 32.7 Å². The van der Waals surface area contributed by atoms with Crippen LogP contribution in [0.15, 0.2) is 17.1 Å². The van der Waals surface area contributed by atoms with E-state index >= 15 is 0 Å². The highest BCUT2D eigenvalue weighted by atomic mass is 19.2. The van der Waals surface area contributed by atoms with Crippen LogP contribution < -0.4 is 10.7 Å². The molecular weight excluding hydrogens is 415 g/mol. The number of carbonyl (C=O) groups is 2. The maximum absolute atomic E-state index is 14.1. The Morgan fingerprint density at radius 3 is 2.71 bits per heavy atom. The first-order valence-electron chi connectivity index (χ1n) is 9.89. The van der Waals surface area contributed by atoms with Crippen molar-refractivity contribution in [2.45, 2.75) is 38.8 Å². The van der Waals surface area contributed by atoms with Gasteiger partial charge in [0.2, 0.25) is 5.43 Å². The first kappa shape index (κ1) is 21.0. The van der Waals surface area contributed by atoms with E-state index < -0.39 is 58.1 Å². The highest BCUT2D eigenvalue weighted by molar-refractivity contribution is 5.99. The van der Waals surface area contributed by atoms with Gasteiger partial charge in [-0.3, -0.25) is 14.4 Å². The highest BCUT2D eigenvalue weighted by Gasteiger charge is 2.36. The Bertz CT molecular complexity index is 1160. The van der Waals surface area contributed by atoms with Crippen molar-refractivity contribution < 1.29 is 27.9 Å². The van der Waals surface area contributed by atoms with Gasteiger partial charge in [0.25, 0.3) is 11.8 Å². The molecule has 1 atom stereocenters. The van der Waals surface area contributed by atoms with Crippen molar-refractivity contribution in [3.63, 3.8) is 0 Å². The average molecular weight is 435 g/mol. The summed E-state index contributed by atoms with van der Waals surface area (Å²) in [4.78, 5) is 39.4. The van der Waals surface area contributed by atoms with Gasteiger partial charge in [0, 0.05) is 31.4 Å². The molecule has 31 heavy (non-hydrogen) atoms. The summed E-state index contributed by atoms with van der Waals surface area (Å²) < 4.78 is 43.2. The van der Waals surface area contributed by atoms with Crippen LogP contribution in [0.4, 0.5) is 13.2 Å². The van der Waals surface area contributed by atoms with Crippen LogP contribution >= 0.6 is 0 Å². The zero-order valence-corrected chi connectivity index (χ0v) is 16.7. The number of benzene rings is 1. The van der Waals surface area contributed by atoms with Crippen LogP contribution in [0, 0.1) is 24.4 Å². The smallest absolute Gasteiger partial charge is 0.274 e. The Hall–Kier alpha value is -3.30. The molecule has 1 saturated heterocycles. The van der Waals surface area contributed by atoms with E-state index in [4.69, 9.17) is 0 Å². The van der Waals surface area contributed by atoms with E-state index in [2.05, 4.69) is 5.32 Å². The predicted octanol–water partition coefficient (Wildman–Crippen LogP) is 2.39. The molecule has 0 radical (unpaired) electrons. The molecule has 7 nitrogen and oxygen atoms in total. The molecule has 1 fully saturated rings. The zero-order valence-electron chi connectivity index (χ0n) is 16.7. The lowest BCUT2D eigenvalue weighted by Gasteiger charge is -2.34. The van der Waals surface area contributed by atoms with Gasteiger partial charge in [-0.2, -0.15) is 0 Å². The summed E-state index contributed by atoms with van der Waals surface area (Å²) in [6.07, 6.45) is 3.51. The Balaban J connectivity index is 1.67.